The van der Waals surface area contributed by atoms with E-state index in [1.165, 1.54) is 10.5 Å². The lowest BCUT2D eigenvalue weighted by atomic mass is 10.1. The molecular formula is C12H17NOS. The van der Waals surface area contributed by atoms with Crippen molar-refractivity contribution < 1.29 is 4.74 Å². The SMILES string of the molecule is CNC(C)c1ccccc1SC1COC1. The van der Waals surface area contributed by atoms with Crippen LogP contribution in [-0.4, -0.2) is 25.5 Å². The highest BCUT2D eigenvalue weighted by Gasteiger charge is 2.21. The van der Waals surface area contributed by atoms with Gasteiger partial charge in [-0.05, 0) is 25.6 Å². The molecule has 3 heteroatoms. The fraction of sp³-hybridized carbons (Fsp3) is 0.500. The van der Waals surface area contributed by atoms with Gasteiger partial charge in [-0.3, -0.25) is 0 Å². The number of benzene rings is 1. The summed E-state index contributed by atoms with van der Waals surface area (Å²) in [7, 11) is 2.00. The van der Waals surface area contributed by atoms with Gasteiger partial charge in [-0.2, -0.15) is 0 Å². The highest BCUT2D eigenvalue weighted by Crippen LogP contribution is 2.33. The minimum absolute atomic E-state index is 0.412. The van der Waals surface area contributed by atoms with Gasteiger partial charge in [0.25, 0.3) is 0 Å². The standard InChI is InChI=1S/C12H17NOS/c1-9(13-2)11-5-3-4-6-12(11)15-10-7-14-8-10/h3-6,9-10,13H,7-8H2,1-2H3. The second kappa shape index (κ2) is 5.01. The molecule has 0 aliphatic carbocycles. The lowest BCUT2D eigenvalue weighted by molar-refractivity contribution is 0.0455. The van der Waals surface area contributed by atoms with Crippen molar-refractivity contribution in [3.63, 3.8) is 0 Å². The summed E-state index contributed by atoms with van der Waals surface area (Å²) in [5.74, 6) is 0. The Kier molecular flexibility index (Phi) is 3.67. The molecule has 0 radical (unpaired) electrons. The molecule has 0 saturated carbocycles. The second-order valence-electron chi connectivity index (χ2n) is 3.83. The minimum atomic E-state index is 0.412. The highest BCUT2D eigenvalue weighted by atomic mass is 32.2. The third kappa shape index (κ3) is 2.54. The summed E-state index contributed by atoms with van der Waals surface area (Å²) in [6.07, 6.45) is 0. The topological polar surface area (TPSA) is 21.3 Å². The van der Waals surface area contributed by atoms with Crippen LogP contribution < -0.4 is 5.32 Å². The predicted octanol–water partition coefficient (Wildman–Crippen LogP) is 2.46. The monoisotopic (exact) mass is 223 g/mol. The number of hydrogen-bond acceptors (Lipinski definition) is 3. The number of rotatable bonds is 4. The molecule has 0 amide bonds. The first-order valence-corrected chi connectivity index (χ1v) is 6.20. The van der Waals surface area contributed by atoms with E-state index >= 15 is 0 Å². The smallest absolute Gasteiger partial charge is 0.0611 e. The maximum absolute atomic E-state index is 5.20. The van der Waals surface area contributed by atoms with E-state index in [-0.39, 0.29) is 0 Å². The number of hydrogen-bond donors (Lipinski definition) is 1. The number of thioether (sulfide) groups is 1. The zero-order valence-electron chi connectivity index (χ0n) is 9.19. The van der Waals surface area contributed by atoms with Crippen LogP contribution in [0.3, 0.4) is 0 Å². The maximum atomic E-state index is 5.20. The van der Waals surface area contributed by atoms with Gasteiger partial charge in [0, 0.05) is 10.9 Å². The zero-order chi connectivity index (χ0) is 10.7. The van der Waals surface area contributed by atoms with Gasteiger partial charge in [-0.1, -0.05) is 18.2 Å². The van der Waals surface area contributed by atoms with Crippen LogP contribution in [0, 0.1) is 0 Å². The minimum Gasteiger partial charge on any atom is -0.379 e. The van der Waals surface area contributed by atoms with Crippen LogP contribution in [0.1, 0.15) is 18.5 Å². The van der Waals surface area contributed by atoms with E-state index in [0.717, 1.165) is 13.2 Å². The Balaban J connectivity index is 2.13. The molecule has 1 atom stereocenters. The number of nitrogens with one attached hydrogen (secondary N) is 1. The third-order valence-corrected chi connectivity index (χ3v) is 3.95. The molecule has 1 saturated heterocycles. The number of ether oxygens (including phenoxy) is 1. The summed E-state index contributed by atoms with van der Waals surface area (Å²) < 4.78 is 5.20. The van der Waals surface area contributed by atoms with E-state index in [4.69, 9.17) is 4.74 Å². The Hall–Kier alpha value is -0.510. The van der Waals surface area contributed by atoms with Gasteiger partial charge in [0.05, 0.1) is 18.5 Å². The van der Waals surface area contributed by atoms with Crippen molar-refractivity contribution in [1.29, 1.82) is 0 Å². The molecule has 1 unspecified atom stereocenters. The third-order valence-electron chi connectivity index (χ3n) is 2.72. The van der Waals surface area contributed by atoms with E-state index in [0.29, 0.717) is 11.3 Å². The van der Waals surface area contributed by atoms with Gasteiger partial charge in [0.2, 0.25) is 0 Å². The molecule has 0 aromatic heterocycles. The lowest BCUT2D eigenvalue weighted by Crippen LogP contribution is -2.30. The Bertz CT molecular complexity index is 325. The van der Waals surface area contributed by atoms with Crippen LogP contribution >= 0.6 is 11.8 Å². The van der Waals surface area contributed by atoms with Gasteiger partial charge in [-0.15, -0.1) is 11.8 Å². The molecule has 2 nitrogen and oxygen atoms in total. The van der Waals surface area contributed by atoms with Gasteiger partial charge in [0.15, 0.2) is 0 Å². The van der Waals surface area contributed by atoms with Crippen LogP contribution in [0.4, 0.5) is 0 Å². The summed E-state index contributed by atoms with van der Waals surface area (Å²) in [6, 6.07) is 9.02. The van der Waals surface area contributed by atoms with Crippen LogP contribution in [0.25, 0.3) is 0 Å². The average Bonchev–Trinajstić information content (AvgIpc) is 2.23. The lowest BCUT2D eigenvalue weighted by Gasteiger charge is -2.26. The van der Waals surface area contributed by atoms with Crippen LogP contribution in [0.2, 0.25) is 0 Å². The van der Waals surface area contributed by atoms with Crippen LogP contribution in [0.15, 0.2) is 29.2 Å². The van der Waals surface area contributed by atoms with Crippen molar-refractivity contribution in [3.8, 4) is 0 Å². The molecule has 1 heterocycles. The largest absolute Gasteiger partial charge is 0.379 e. The maximum Gasteiger partial charge on any atom is 0.0611 e. The van der Waals surface area contributed by atoms with Crippen molar-refractivity contribution in [2.24, 2.45) is 0 Å². The predicted molar refractivity (Wildman–Crippen MR) is 64.4 cm³/mol. The molecule has 1 aliphatic heterocycles. The molecule has 15 heavy (non-hydrogen) atoms. The molecule has 0 spiro atoms. The molecule has 1 fully saturated rings. The van der Waals surface area contributed by atoms with Crippen molar-refractivity contribution >= 4 is 11.8 Å². The first kappa shape index (κ1) is 11.0. The first-order valence-electron chi connectivity index (χ1n) is 5.32. The molecule has 1 aromatic rings. The molecule has 1 aromatic carbocycles. The Morgan fingerprint density at radius 1 is 1.40 bits per heavy atom. The normalized spacial score (nSPS) is 18.5. The van der Waals surface area contributed by atoms with E-state index in [1.54, 1.807) is 0 Å². The quantitative estimate of drug-likeness (QED) is 0.847. The first-order chi connectivity index (χ1) is 7.31. The van der Waals surface area contributed by atoms with Crippen LogP contribution in [-0.2, 0) is 4.74 Å². The van der Waals surface area contributed by atoms with Crippen LogP contribution in [0.5, 0.6) is 0 Å². The van der Waals surface area contributed by atoms with E-state index in [2.05, 4.69) is 36.5 Å². The average molecular weight is 223 g/mol. The Labute approximate surface area is 95.4 Å². The van der Waals surface area contributed by atoms with Crippen molar-refractivity contribution in [1.82, 2.24) is 5.32 Å². The summed E-state index contributed by atoms with van der Waals surface area (Å²) in [5.41, 5.74) is 1.39. The fourth-order valence-corrected chi connectivity index (χ4v) is 2.79. The van der Waals surface area contributed by atoms with Gasteiger partial charge < -0.3 is 10.1 Å². The summed E-state index contributed by atoms with van der Waals surface area (Å²) >= 11 is 1.94. The van der Waals surface area contributed by atoms with E-state index < -0.39 is 0 Å². The molecule has 0 bridgehead atoms. The van der Waals surface area contributed by atoms with Crippen molar-refractivity contribution in [2.75, 3.05) is 20.3 Å². The molecule has 1 N–H and O–H groups in total. The van der Waals surface area contributed by atoms with Crippen molar-refractivity contribution in [2.45, 2.75) is 23.1 Å². The van der Waals surface area contributed by atoms with Gasteiger partial charge >= 0.3 is 0 Å². The summed E-state index contributed by atoms with van der Waals surface area (Å²) in [6.45, 7) is 3.98. The van der Waals surface area contributed by atoms with E-state index in [9.17, 15) is 0 Å². The zero-order valence-corrected chi connectivity index (χ0v) is 10.0. The van der Waals surface area contributed by atoms with Gasteiger partial charge in [0.1, 0.15) is 0 Å². The Morgan fingerprint density at radius 3 is 2.73 bits per heavy atom. The molecule has 82 valence electrons. The van der Waals surface area contributed by atoms with Gasteiger partial charge in [-0.25, -0.2) is 0 Å². The fourth-order valence-electron chi connectivity index (χ4n) is 1.56. The summed E-state index contributed by atoms with van der Waals surface area (Å²) in [5, 5.41) is 3.93. The summed E-state index contributed by atoms with van der Waals surface area (Å²) in [4.78, 5) is 1.38. The molecule has 1 aliphatic rings. The molecule has 2 rings (SSSR count). The van der Waals surface area contributed by atoms with Crippen molar-refractivity contribution in [3.05, 3.63) is 29.8 Å². The van der Waals surface area contributed by atoms with E-state index in [1.807, 2.05) is 18.8 Å². The molecular weight excluding hydrogens is 206 g/mol. The Morgan fingerprint density at radius 2 is 2.13 bits per heavy atom. The highest BCUT2D eigenvalue weighted by molar-refractivity contribution is 8.00. The second-order valence-corrected chi connectivity index (χ2v) is 5.17.